The second-order valence-electron chi connectivity index (χ2n) is 7.29. The predicted molar refractivity (Wildman–Crippen MR) is 68.1 cm³/mol. The lowest BCUT2D eigenvalue weighted by atomic mass is 9.48. The van der Waals surface area contributed by atoms with Crippen LogP contribution >= 0.6 is 0 Å². The van der Waals surface area contributed by atoms with Gasteiger partial charge in [0.25, 0.3) is 0 Å². The highest BCUT2D eigenvalue weighted by Gasteiger charge is 2.50. The Morgan fingerprint density at radius 3 is 2.00 bits per heavy atom. The van der Waals surface area contributed by atoms with E-state index >= 15 is 0 Å². The molecular formula is C15H27N. The Morgan fingerprint density at radius 1 is 1.06 bits per heavy atom. The third-order valence-electron chi connectivity index (χ3n) is 5.53. The van der Waals surface area contributed by atoms with E-state index < -0.39 is 0 Å². The van der Waals surface area contributed by atoms with Crippen LogP contribution in [0.4, 0.5) is 0 Å². The van der Waals surface area contributed by atoms with Crippen molar-refractivity contribution in [3.63, 3.8) is 0 Å². The van der Waals surface area contributed by atoms with Gasteiger partial charge in [-0.1, -0.05) is 6.42 Å². The maximum atomic E-state index is 5.87. The van der Waals surface area contributed by atoms with Gasteiger partial charge in [-0.3, -0.25) is 0 Å². The Bertz CT molecular complexity index is 221. The van der Waals surface area contributed by atoms with E-state index in [2.05, 4.69) is 6.92 Å². The second kappa shape index (κ2) is 4.01. The van der Waals surface area contributed by atoms with Gasteiger partial charge >= 0.3 is 0 Å². The number of rotatable bonds is 4. The summed E-state index contributed by atoms with van der Waals surface area (Å²) in [7, 11) is 0. The van der Waals surface area contributed by atoms with Crippen LogP contribution in [0.1, 0.15) is 64.7 Å². The second-order valence-corrected chi connectivity index (χ2v) is 7.29. The zero-order chi connectivity index (χ0) is 11.2. The Balaban J connectivity index is 1.60. The topological polar surface area (TPSA) is 26.0 Å². The van der Waals surface area contributed by atoms with Crippen molar-refractivity contribution in [2.45, 2.75) is 70.8 Å². The highest BCUT2D eigenvalue weighted by molar-refractivity contribution is 5.01. The summed E-state index contributed by atoms with van der Waals surface area (Å²) in [5.74, 6) is 3.34. The fourth-order valence-electron chi connectivity index (χ4n) is 5.40. The molecule has 4 fully saturated rings. The first-order chi connectivity index (χ1) is 7.65. The van der Waals surface area contributed by atoms with Gasteiger partial charge in [0.1, 0.15) is 0 Å². The van der Waals surface area contributed by atoms with Crippen molar-refractivity contribution in [2.24, 2.45) is 28.9 Å². The fourth-order valence-corrected chi connectivity index (χ4v) is 5.40. The van der Waals surface area contributed by atoms with E-state index in [-0.39, 0.29) is 0 Å². The maximum absolute atomic E-state index is 5.87. The van der Waals surface area contributed by atoms with E-state index in [0.717, 1.165) is 23.2 Å². The van der Waals surface area contributed by atoms with Crippen LogP contribution in [0.15, 0.2) is 0 Å². The number of hydrogen-bond acceptors (Lipinski definition) is 1. The van der Waals surface area contributed by atoms with Crippen molar-refractivity contribution in [1.82, 2.24) is 0 Å². The molecule has 0 heterocycles. The molecule has 4 rings (SSSR count). The molecule has 0 radical (unpaired) electrons. The number of hydrogen-bond donors (Lipinski definition) is 1. The van der Waals surface area contributed by atoms with Crippen molar-refractivity contribution in [1.29, 1.82) is 0 Å². The van der Waals surface area contributed by atoms with E-state index in [1.807, 2.05) is 0 Å². The molecule has 4 aliphatic rings. The summed E-state index contributed by atoms with van der Waals surface area (Å²) in [5.41, 5.74) is 6.65. The van der Waals surface area contributed by atoms with Gasteiger partial charge in [0, 0.05) is 6.04 Å². The highest BCUT2D eigenvalue weighted by atomic mass is 14.6. The largest absolute Gasteiger partial charge is 0.328 e. The molecule has 92 valence electrons. The summed E-state index contributed by atoms with van der Waals surface area (Å²) in [6.45, 7) is 2.15. The molecule has 0 aromatic rings. The van der Waals surface area contributed by atoms with Crippen molar-refractivity contribution >= 4 is 0 Å². The molecule has 1 nitrogen and oxygen atoms in total. The molecule has 0 unspecified atom stereocenters. The summed E-state index contributed by atoms with van der Waals surface area (Å²) in [6.07, 6.45) is 13.5. The highest BCUT2D eigenvalue weighted by Crippen LogP contribution is 2.61. The van der Waals surface area contributed by atoms with Crippen molar-refractivity contribution in [2.75, 3.05) is 0 Å². The molecule has 0 saturated heterocycles. The average Bonchev–Trinajstić information content (AvgIpc) is 2.13. The van der Waals surface area contributed by atoms with Crippen LogP contribution in [0.5, 0.6) is 0 Å². The van der Waals surface area contributed by atoms with E-state index in [9.17, 15) is 0 Å². The van der Waals surface area contributed by atoms with Gasteiger partial charge in [-0.2, -0.15) is 0 Å². The molecule has 4 saturated carbocycles. The van der Waals surface area contributed by atoms with Crippen LogP contribution in [-0.2, 0) is 0 Å². The van der Waals surface area contributed by atoms with Gasteiger partial charge in [-0.15, -0.1) is 0 Å². The minimum absolute atomic E-state index is 0.411. The minimum Gasteiger partial charge on any atom is -0.328 e. The number of nitrogens with two attached hydrogens (primary N) is 1. The van der Waals surface area contributed by atoms with Gasteiger partial charge in [-0.05, 0) is 81.5 Å². The van der Waals surface area contributed by atoms with Gasteiger partial charge in [0.15, 0.2) is 0 Å². The molecule has 2 N–H and O–H groups in total. The summed E-state index contributed by atoms with van der Waals surface area (Å²) in [4.78, 5) is 0. The molecule has 0 amide bonds. The van der Waals surface area contributed by atoms with Crippen LogP contribution in [0.3, 0.4) is 0 Å². The third kappa shape index (κ3) is 2.03. The molecule has 1 atom stereocenters. The van der Waals surface area contributed by atoms with Gasteiger partial charge in [0.2, 0.25) is 0 Å². The van der Waals surface area contributed by atoms with Crippen molar-refractivity contribution in [3.8, 4) is 0 Å². The van der Waals surface area contributed by atoms with Crippen LogP contribution in [0.25, 0.3) is 0 Å². The first-order valence-electron chi connectivity index (χ1n) is 7.41. The van der Waals surface area contributed by atoms with E-state index in [1.54, 1.807) is 38.5 Å². The molecular weight excluding hydrogens is 194 g/mol. The van der Waals surface area contributed by atoms with E-state index in [1.165, 1.54) is 19.3 Å². The first-order valence-corrected chi connectivity index (χ1v) is 7.41. The van der Waals surface area contributed by atoms with Crippen LogP contribution in [0, 0.1) is 23.2 Å². The zero-order valence-corrected chi connectivity index (χ0v) is 10.8. The van der Waals surface area contributed by atoms with Crippen LogP contribution in [-0.4, -0.2) is 6.04 Å². The quantitative estimate of drug-likeness (QED) is 0.769. The van der Waals surface area contributed by atoms with Gasteiger partial charge in [-0.25, -0.2) is 0 Å². The van der Waals surface area contributed by atoms with Gasteiger partial charge in [0.05, 0.1) is 0 Å². The monoisotopic (exact) mass is 221 g/mol. The Kier molecular flexibility index (Phi) is 2.78. The minimum atomic E-state index is 0.411. The SMILES string of the molecule is C[C@H](N)CCCC12CC3CC(CC(C3)C1)C2. The normalized spacial score (nSPS) is 47.2. The summed E-state index contributed by atoms with van der Waals surface area (Å²) >= 11 is 0. The predicted octanol–water partition coefficient (Wildman–Crippen LogP) is 3.72. The van der Waals surface area contributed by atoms with Crippen molar-refractivity contribution in [3.05, 3.63) is 0 Å². The smallest absolute Gasteiger partial charge is 0.00104 e. The molecule has 0 aromatic carbocycles. The zero-order valence-electron chi connectivity index (χ0n) is 10.8. The molecule has 0 spiro atoms. The van der Waals surface area contributed by atoms with Crippen LogP contribution < -0.4 is 5.73 Å². The standard InChI is InChI=1S/C15H27N/c1-11(16)3-2-4-15-8-12-5-13(9-15)7-14(6-12)10-15/h11-14H,2-10,16H2,1H3/t11-,12?,13?,14?,15?/m0/s1. The maximum Gasteiger partial charge on any atom is 0.00104 e. The molecule has 16 heavy (non-hydrogen) atoms. The molecule has 1 heteroatoms. The molecule has 4 bridgehead atoms. The first kappa shape index (κ1) is 11.1. The molecule has 0 aromatic heterocycles. The lowest BCUT2D eigenvalue weighted by Crippen LogP contribution is -2.46. The molecule has 4 aliphatic carbocycles. The summed E-state index contributed by atoms with van der Waals surface area (Å²) < 4.78 is 0. The Hall–Kier alpha value is -0.0400. The Labute approximate surface area is 100 Å². The average molecular weight is 221 g/mol. The van der Waals surface area contributed by atoms with E-state index in [0.29, 0.717) is 6.04 Å². The molecule has 0 aliphatic heterocycles. The van der Waals surface area contributed by atoms with Gasteiger partial charge < -0.3 is 5.73 Å². The fraction of sp³-hybridized carbons (Fsp3) is 1.00. The van der Waals surface area contributed by atoms with E-state index in [4.69, 9.17) is 5.73 Å². The summed E-state index contributed by atoms with van der Waals surface area (Å²) in [6, 6.07) is 0.411. The Morgan fingerprint density at radius 2 is 1.56 bits per heavy atom. The van der Waals surface area contributed by atoms with Crippen LogP contribution in [0.2, 0.25) is 0 Å². The lowest BCUT2D eigenvalue weighted by Gasteiger charge is -2.57. The third-order valence-corrected chi connectivity index (χ3v) is 5.53. The van der Waals surface area contributed by atoms with Crippen molar-refractivity contribution < 1.29 is 0 Å². The summed E-state index contributed by atoms with van der Waals surface area (Å²) in [5, 5.41) is 0. The lowest BCUT2D eigenvalue weighted by molar-refractivity contribution is -0.0584.